The molecule has 0 saturated heterocycles. The SMILES string of the molecule is COCc1nc2ccnn2c2c1CCN2C1CC1. The molecule has 1 saturated carbocycles. The summed E-state index contributed by atoms with van der Waals surface area (Å²) in [4.78, 5) is 7.16. The Morgan fingerprint density at radius 2 is 2.33 bits per heavy atom. The van der Waals surface area contributed by atoms with Crippen LogP contribution in [-0.4, -0.2) is 34.3 Å². The van der Waals surface area contributed by atoms with Crippen LogP contribution in [0, 0.1) is 0 Å². The Labute approximate surface area is 105 Å². The Kier molecular flexibility index (Phi) is 2.11. The molecule has 0 spiro atoms. The fourth-order valence-corrected chi connectivity index (χ4v) is 2.89. The van der Waals surface area contributed by atoms with Gasteiger partial charge in [-0.05, 0) is 19.3 Å². The standard InChI is InChI=1S/C13H16N4O/c1-18-8-11-10-5-7-16(9-2-3-9)13(10)17-12(15-11)4-6-14-17/h4,6,9H,2-3,5,7-8H2,1H3. The summed E-state index contributed by atoms with van der Waals surface area (Å²) in [7, 11) is 1.72. The molecule has 2 aliphatic rings. The van der Waals surface area contributed by atoms with Crippen molar-refractivity contribution in [2.75, 3.05) is 18.6 Å². The quantitative estimate of drug-likeness (QED) is 0.818. The van der Waals surface area contributed by atoms with Crippen LogP contribution in [0.5, 0.6) is 0 Å². The van der Waals surface area contributed by atoms with Gasteiger partial charge in [0.25, 0.3) is 0 Å². The molecule has 18 heavy (non-hydrogen) atoms. The van der Waals surface area contributed by atoms with Gasteiger partial charge in [-0.2, -0.15) is 9.61 Å². The van der Waals surface area contributed by atoms with Gasteiger partial charge in [0.2, 0.25) is 0 Å². The van der Waals surface area contributed by atoms with E-state index in [1.165, 1.54) is 24.2 Å². The molecule has 1 aliphatic heterocycles. The van der Waals surface area contributed by atoms with Crippen molar-refractivity contribution in [3.05, 3.63) is 23.5 Å². The maximum absolute atomic E-state index is 5.28. The lowest BCUT2D eigenvalue weighted by molar-refractivity contribution is 0.181. The Morgan fingerprint density at radius 1 is 1.44 bits per heavy atom. The molecule has 2 aromatic rings. The average molecular weight is 244 g/mol. The molecule has 1 fully saturated rings. The zero-order valence-electron chi connectivity index (χ0n) is 10.5. The summed E-state index contributed by atoms with van der Waals surface area (Å²) >= 11 is 0. The first-order valence-electron chi connectivity index (χ1n) is 6.49. The van der Waals surface area contributed by atoms with Crippen molar-refractivity contribution in [3.63, 3.8) is 0 Å². The van der Waals surface area contributed by atoms with Gasteiger partial charge in [-0.15, -0.1) is 0 Å². The van der Waals surface area contributed by atoms with E-state index in [-0.39, 0.29) is 0 Å². The second-order valence-electron chi connectivity index (χ2n) is 5.07. The highest BCUT2D eigenvalue weighted by atomic mass is 16.5. The van der Waals surface area contributed by atoms with Crippen LogP contribution >= 0.6 is 0 Å². The molecular weight excluding hydrogens is 228 g/mol. The molecule has 94 valence electrons. The predicted octanol–water partition coefficient (Wildman–Crippen LogP) is 1.40. The van der Waals surface area contributed by atoms with E-state index in [0.29, 0.717) is 6.61 Å². The van der Waals surface area contributed by atoms with Gasteiger partial charge in [0.1, 0.15) is 5.82 Å². The van der Waals surface area contributed by atoms with Crippen molar-refractivity contribution >= 4 is 11.5 Å². The summed E-state index contributed by atoms with van der Waals surface area (Å²) in [6, 6.07) is 2.68. The number of aromatic nitrogens is 3. The number of ether oxygens (including phenoxy) is 1. The summed E-state index contributed by atoms with van der Waals surface area (Å²) in [5.41, 5.74) is 3.32. The van der Waals surface area contributed by atoms with Crippen molar-refractivity contribution in [1.82, 2.24) is 14.6 Å². The molecule has 2 aromatic heterocycles. The third kappa shape index (κ3) is 1.37. The van der Waals surface area contributed by atoms with Gasteiger partial charge in [0.15, 0.2) is 5.65 Å². The van der Waals surface area contributed by atoms with Crippen LogP contribution in [-0.2, 0) is 17.8 Å². The molecule has 0 amide bonds. The van der Waals surface area contributed by atoms with Gasteiger partial charge in [-0.1, -0.05) is 0 Å². The van der Waals surface area contributed by atoms with E-state index < -0.39 is 0 Å². The van der Waals surface area contributed by atoms with E-state index >= 15 is 0 Å². The number of fused-ring (bicyclic) bond motifs is 3. The lowest BCUT2D eigenvalue weighted by atomic mass is 10.2. The molecule has 0 aromatic carbocycles. The topological polar surface area (TPSA) is 42.7 Å². The van der Waals surface area contributed by atoms with Crippen LogP contribution in [0.15, 0.2) is 12.3 Å². The summed E-state index contributed by atoms with van der Waals surface area (Å²) in [6.45, 7) is 1.68. The number of hydrogen-bond donors (Lipinski definition) is 0. The summed E-state index contributed by atoms with van der Waals surface area (Å²) in [6.07, 6.45) is 5.50. The van der Waals surface area contributed by atoms with E-state index in [0.717, 1.165) is 30.3 Å². The third-order valence-corrected chi connectivity index (χ3v) is 3.83. The van der Waals surface area contributed by atoms with Crippen LogP contribution in [0.3, 0.4) is 0 Å². The predicted molar refractivity (Wildman–Crippen MR) is 67.8 cm³/mol. The van der Waals surface area contributed by atoms with E-state index in [1.54, 1.807) is 7.11 Å². The molecule has 5 nitrogen and oxygen atoms in total. The van der Waals surface area contributed by atoms with Crippen LogP contribution in [0.2, 0.25) is 0 Å². The summed E-state index contributed by atoms with van der Waals surface area (Å²) in [5.74, 6) is 1.25. The normalized spacial score (nSPS) is 18.6. The van der Waals surface area contributed by atoms with E-state index in [9.17, 15) is 0 Å². The minimum atomic E-state index is 0.586. The first-order valence-corrected chi connectivity index (χ1v) is 6.49. The Hall–Kier alpha value is -1.62. The molecule has 0 unspecified atom stereocenters. The van der Waals surface area contributed by atoms with Gasteiger partial charge in [0, 0.05) is 31.3 Å². The van der Waals surface area contributed by atoms with Gasteiger partial charge < -0.3 is 9.64 Å². The Morgan fingerprint density at radius 3 is 3.11 bits per heavy atom. The van der Waals surface area contributed by atoms with E-state index in [2.05, 4.69) is 15.0 Å². The molecule has 0 N–H and O–H groups in total. The van der Waals surface area contributed by atoms with Crippen LogP contribution in [0.25, 0.3) is 5.65 Å². The minimum Gasteiger partial charge on any atom is -0.378 e. The largest absolute Gasteiger partial charge is 0.378 e. The maximum atomic E-state index is 5.28. The van der Waals surface area contributed by atoms with Crippen molar-refractivity contribution in [3.8, 4) is 0 Å². The lowest BCUT2D eigenvalue weighted by Gasteiger charge is -2.19. The Balaban J connectivity index is 1.94. The second-order valence-corrected chi connectivity index (χ2v) is 5.07. The van der Waals surface area contributed by atoms with E-state index in [1.807, 2.05) is 16.8 Å². The number of methoxy groups -OCH3 is 1. The molecule has 0 bridgehead atoms. The highest BCUT2D eigenvalue weighted by Gasteiger charge is 2.36. The highest BCUT2D eigenvalue weighted by molar-refractivity contribution is 5.61. The van der Waals surface area contributed by atoms with Crippen LogP contribution in [0.1, 0.15) is 24.1 Å². The van der Waals surface area contributed by atoms with Crippen molar-refractivity contribution < 1.29 is 4.74 Å². The van der Waals surface area contributed by atoms with Crippen molar-refractivity contribution in [2.24, 2.45) is 0 Å². The van der Waals surface area contributed by atoms with Crippen LogP contribution in [0.4, 0.5) is 5.82 Å². The first kappa shape index (κ1) is 10.3. The molecule has 5 heteroatoms. The average Bonchev–Trinajstić information content (AvgIpc) is 2.95. The van der Waals surface area contributed by atoms with Crippen molar-refractivity contribution in [1.29, 1.82) is 0 Å². The Bertz CT molecular complexity index is 602. The second kappa shape index (κ2) is 3.68. The highest BCUT2D eigenvalue weighted by Crippen LogP contribution is 2.38. The molecule has 3 heterocycles. The summed E-state index contributed by atoms with van der Waals surface area (Å²) < 4.78 is 7.27. The zero-order chi connectivity index (χ0) is 12.1. The van der Waals surface area contributed by atoms with Gasteiger partial charge >= 0.3 is 0 Å². The number of rotatable bonds is 3. The monoisotopic (exact) mass is 244 g/mol. The van der Waals surface area contributed by atoms with E-state index in [4.69, 9.17) is 4.74 Å². The maximum Gasteiger partial charge on any atom is 0.157 e. The summed E-state index contributed by atoms with van der Waals surface area (Å²) in [5, 5.41) is 4.42. The van der Waals surface area contributed by atoms with Gasteiger partial charge in [-0.3, -0.25) is 0 Å². The smallest absolute Gasteiger partial charge is 0.157 e. The molecule has 0 radical (unpaired) electrons. The number of hydrogen-bond acceptors (Lipinski definition) is 4. The van der Waals surface area contributed by atoms with Gasteiger partial charge in [-0.25, -0.2) is 4.98 Å². The molecular formula is C13H16N4O. The molecule has 1 aliphatic carbocycles. The number of anilines is 1. The fraction of sp³-hybridized carbons (Fsp3) is 0.538. The number of nitrogens with zero attached hydrogens (tertiary/aromatic N) is 4. The molecule has 4 rings (SSSR count). The first-order chi connectivity index (χ1) is 8.88. The molecule has 0 atom stereocenters. The zero-order valence-corrected chi connectivity index (χ0v) is 10.5. The third-order valence-electron chi connectivity index (χ3n) is 3.83. The fourth-order valence-electron chi connectivity index (χ4n) is 2.89. The van der Waals surface area contributed by atoms with Crippen molar-refractivity contribution in [2.45, 2.75) is 31.9 Å². The van der Waals surface area contributed by atoms with Crippen LogP contribution < -0.4 is 4.90 Å². The minimum absolute atomic E-state index is 0.586. The lowest BCUT2D eigenvalue weighted by Crippen LogP contribution is -2.25. The van der Waals surface area contributed by atoms with Gasteiger partial charge in [0.05, 0.1) is 18.5 Å².